The Morgan fingerprint density at radius 1 is 1.13 bits per heavy atom. The summed E-state index contributed by atoms with van der Waals surface area (Å²) in [5, 5.41) is 4.92. The van der Waals surface area contributed by atoms with Gasteiger partial charge in [-0.1, -0.05) is 35.0 Å². The van der Waals surface area contributed by atoms with Gasteiger partial charge in [0.1, 0.15) is 5.03 Å². The van der Waals surface area contributed by atoms with E-state index in [2.05, 4.69) is 26.9 Å². The van der Waals surface area contributed by atoms with Crippen LogP contribution in [0.3, 0.4) is 0 Å². The number of aromatic nitrogens is 3. The van der Waals surface area contributed by atoms with Crippen molar-refractivity contribution in [1.82, 2.24) is 24.9 Å². The monoisotopic (exact) mass is 423 g/mol. The molecule has 3 aromatic rings. The van der Waals surface area contributed by atoms with Crippen LogP contribution in [0.4, 0.5) is 0 Å². The second kappa shape index (κ2) is 8.97. The molecule has 1 unspecified atom stereocenters. The van der Waals surface area contributed by atoms with Crippen molar-refractivity contribution in [1.29, 1.82) is 0 Å². The molecule has 1 fully saturated rings. The molecule has 1 aliphatic rings. The van der Waals surface area contributed by atoms with Crippen molar-refractivity contribution < 1.29 is 9.32 Å². The quantitative estimate of drug-likeness (QED) is 0.580. The maximum absolute atomic E-state index is 12.9. The predicted octanol–water partition coefficient (Wildman–Crippen LogP) is 3.68. The molecule has 1 amide bonds. The highest BCUT2D eigenvalue weighted by Gasteiger charge is 2.29. The first-order valence-corrected chi connectivity index (χ1v) is 11.2. The fourth-order valence-electron chi connectivity index (χ4n) is 3.58. The summed E-state index contributed by atoms with van der Waals surface area (Å²) in [5.74, 6) is 1.24. The lowest BCUT2D eigenvalue weighted by molar-refractivity contribution is 0.0548. The van der Waals surface area contributed by atoms with Gasteiger partial charge in [0.25, 0.3) is 5.91 Å². The standard InChI is InChI=1S/C22H25N5O2S/c1-15-6-8-17(9-7-15)19-24-20(29-25-19)16(2)26-11-13-27(14-12-26)22(28)18-5-4-10-23-21(18)30-3/h4-10,16H,11-14H2,1-3H3. The zero-order valence-corrected chi connectivity index (χ0v) is 18.2. The fraction of sp³-hybridized carbons (Fsp3) is 0.364. The van der Waals surface area contributed by atoms with Crippen LogP contribution in [-0.4, -0.2) is 63.3 Å². The Bertz CT molecular complexity index is 1010. The molecular weight excluding hydrogens is 398 g/mol. The second-order valence-corrected chi connectivity index (χ2v) is 8.18. The maximum Gasteiger partial charge on any atom is 0.256 e. The summed E-state index contributed by atoms with van der Waals surface area (Å²) in [6.45, 7) is 6.94. The Morgan fingerprint density at radius 2 is 1.87 bits per heavy atom. The Labute approximate surface area is 180 Å². The van der Waals surface area contributed by atoms with Crippen LogP contribution in [0.2, 0.25) is 0 Å². The molecule has 8 heteroatoms. The molecule has 30 heavy (non-hydrogen) atoms. The Kier molecular flexibility index (Phi) is 6.15. The van der Waals surface area contributed by atoms with Gasteiger partial charge in [0.05, 0.1) is 11.6 Å². The van der Waals surface area contributed by atoms with Gasteiger partial charge >= 0.3 is 0 Å². The number of carbonyl (C=O) groups excluding carboxylic acids is 1. The summed E-state index contributed by atoms with van der Waals surface area (Å²) in [6, 6.07) is 11.7. The highest BCUT2D eigenvalue weighted by atomic mass is 32.2. The molecule has 1 aliphatic heterocycles. The minimum Gasteiger partial charge on any atom is -0.337 e. The first-order chi connectivity index (χ1) is 14.6. The number of thioether (sulfide) groups is 1. The largest absolute Gasteiger partial charge is 0.337 e. The summed E-state index contributed by atoms with van der Waals surface area (Å²) in [7, 11) is 0. The predicted molar refractivity (Wildman–Crippen MR) is 116 cm³/mol. The number of hydrogen-bond acceptors (Lipinski definition) is 7. The molecule has 0 bridgehead atoms. The Morgan fingerprint density at radius 3 is 2.57 bits per heavy atom. The summed E-state index contributed by atoms with van der Waals surface area (Å²) >= 11 is 1.50. The van der Waals surface area contributed by atoms with E-state index in [9.17, 15) is 4.79 Å². The molecule has 0 aliphatic carbocycles. The van der Waals surface area contributed by atoms with Crippen LogP contribution in [0.25, 0.3) is 11.4 Å². The van der Waals surface area contributed by atoms with Crippen molar-refractivity contribution in [3.63, 3.8) is 0 Å². The summed E-state index contributed by atoms with van der Waals surface area (Å²) in [5.41, 5.74) is 2.81. The van der Waals surface area contributed by atoms with E-state index in [1.54, 1.807) is 6.20 Å². The maximum atomic E-state index is 12.9. The van der Waals surface area contributed by atoms with E-state index in [1.165, 1.54) is 17.3 Å². The van der Waals surface area contributed by atoms with Gasteiger partial charge in [-0.15, -0.1) is 11.8 Å². The summed E-state index contributed by atoms with van der Waals surface area (Å²) in [4.78, 5) is 26.0. The number of benzene rings is 1. The molecule has 3 heterocycles. The van der Waals surface area contributed by atoms with Crippen molar-refractivity contribution in [3.8, 4) is 11.4 Å². The van der Waals surface area contributed by atoms with Gasteiger partial charge < -0.3 is 9.42 Å². The highest BCUT2D eigenvalue weighted by molar-refractivity contribution is 7.98. The zero-order chi connectivity index (χ0) is 21.1. The lowest BCUT2D eigenvalue weighted by atomic mass is 10.1. The number of nitrogens with zero attached hydrogens (tertiary/aromatic N) is 5. The van der Waals surface area contributed by atoms with E-state index in [4.69, 9.17) is 4.52 Å². The lowest BCUT2D eigenvalue weighted by Crippen LogP contribution is -2.49. The molecule has 7 nitrogen and oxygen atoms in total. The fourth-order valence-corrected chi connectivity index (χ4v) is 4.12. The first kappa shape index (κ1) is 20.6. The van der Waals surface area contributed by atoms with Crippen LogP contribution < -0.4 is 0 Å². The van der Waals surface area contributed by atoms with E-state index in [0.29, 0.717) is 30.4 Å². The van der Waals surface area contributed by atoms with Gasteiger partial charge in [-0.05, 0) is 32.2 Å². The first-order valence-electron chi connectivity index (χ1n) is 10.00. The number of pyridine rings is 1. The normalized spacial score (nSPS) is 15.9. The van der Waals surface area contributed by atoms with E-state index in [-0.39, 0.29) is 11.9 Å². The number of piperazine rings is 1. The van der Waals surface area contributed by atoms with E-state index < -0.39 is 0 Å². The molecule has 1 aromatic carbocycles. The number of rotatable bonds is 5. The third kappa shape index (κ3) is 4.24. The van der Waals surface area contributed by atoms with Crippen molar-refractivity contribution in [2.75, 3.05) is 32.4 Å². The van der Waals surface area contributed by atoms with Crippen molar-refractivity contribution >= 4 is 17.7 Å². The second-order valence-electron chi connectivity index (χ2n) is 7.39. The molecule has 0 radical (unpaired) electrons. The summed E-state index contributed by atoms with van der Waals surface area (Å²) in [6.07, 6.45) is 3.66. The van der Waals surface area contributed by atoms with E-state index in [1.807, 2.05) is 54.5 Å². The van der Waals surface area contributed by atoms with Gasteiger partial charge in [-0.25, -0.2) is 4.98 Å². The molecule has 0 spiro atoms. The van der Waals surface area contributed by atoms with Gasteiger partial charge in [-0.3, -0.25) is 9.69 Å². The molecule has 0 saturated carbocycles. The van der Waals surface area contributed by atoms with Crippen molar-refractivity contribution in [3.05, 3.63) is 59.6 Å². The topological polar surface area (TPSA) is 75.4 Å². The van der Waals surface area contributed by atoms with Gasteiger partial charge in [0.2, 0.25) is 11.7 Å². The minimum atomic E-state index is -0.00546. The van der Waals surface area contributed by atoms with E-state index >= 15 is 0 Å². The van der Waals surface area contributed by atoms with E-state index in [0.717, 1.165) is 23.7 Å². The average molecular weight is 424 g/mol. The number of carbonyl (C=O) groups is 1. The molecule has 0 N–H and O–H groups in total. The third-order valence-corrected chi connectivity index (χ3v) is 6.17. The molecule has 156 valence electrons. The smallest absolute Gasteiger partial charge is 0.256 e. The van der Waals surface area contributed by atoms with Crippen LogP contribution >= 0.6 is 11.8 Å². The average Bonchev–Trinajstić information content (AvgIpc) is 3.29. The molecule has 1 atom stereocenters. The van der Waals surface area contributed by atoms with Gasteiger partial charge in [-0.2, -0.15) is 4.98 Å². The van der Waals surface area contributed by atoms with Crippen LogP contribution in [0.5, 0.6) is 0 Å². The third-order valence-electron chi connectivity index (χ3n) is 5.45. The van der Waals surface area contributed by atoms with Gasteiger partial charge in [0.15, 0.2) is 0 Å². The van der Waals surface area contributed by atoms with Crippen LogP contribution in [-0.2, 0) is 0 Å². The number of amides is 1. The molecule has 1 saturated heterocycles. The highest BCUT2D eigenvalue weighted by Crippen LogP contribution is 2.25. The zero-order valence-electron chi connectivity index (χ0n) is 17.4. The van der Waals surface area contributed by atoms with Crippen LogP contribution in [0, 0.1) is 6.92 Å². The van der Waals surface area contributed by atoms with Crippen LogP contribution in [0.15, 0.2) is 52.1 Å². The minimum absolute atomic E-state index is 0.00546. The molecular formula is C22H25N5O2S. The van der Waals surface area contributed by atoms with Crippen molar-refractivity contribution in [2.45, 2.75) is 24.9 Å². The Hall–Kier alpha value is -2.71. The van der Waals surface area contributed by atoms with Crippen LogP contribution in [0.1, 0.15) is 34.8 Å². The lowest BCUT2D eigenvalue weighted by Gasteiger charge is -2.36. The Balaban J connectivity index is 1.39. The SMILES string of the molecule is CSc1ncccc1C(=O)N1CCN(C(C)c2nc(-c3ccc(C)cc3)no2)CC1. The number of hydrogen-bond donors (Lipinski definition) is 0. The molecule has 2 aromatic heterocycles. The number of aryl methyl sites for hydroxylation is 1. The van der Waals surface area contributed by atoms with Gasteiger partial charge in [0, 0.05) is 37.9 Å². The summed E-state index contributed by atoms with van der Waals surface area (Å²) < 4.78 is 5.54. The molecule has 4 rings (SSSR count). The van der Waals surface area contributed by atoms with Crippen molar-refractivity contribution in [2.24, 2.45) is 0 Å².